The molecule has 0 spiro atoms. The molecule has 1 N–H and O–H groups in total. The van der Waals surface area contributed by atoms with E-state index < -0.39 is 0 Å². The summed E-state index contributed by atoms with van der Waals surface area (Å²) >= 11 is 0. The summed E-state index contributed by atoms with van der Waals surface area (Å²) in [5.74, 6) is 0.434. The van der Waals surface area contributed by atoms with Crippen molar-refractivity contribution in [2.75, 3.05) is 19.8 Å². The summed E-state index contributed by atoms with van der Waals surface area (Å²) in [6, 6.07) is -0.0812. The standard InChI is InChI=1S/C10H17NO3/c1-3-4-14-10(13)11-6-8(2)5-9(11)7-12/h3,8-9,12H,1,4-7H2,2H3/t8?,9-/m0/s1. The van der Waals surface area contributed by atoms with Gasteiger partial charge in [-0.15, -0.1) is 0 Å². The number of ether oxygens (including phenoxy) is 1. The Morgan fingerprint density at radius 2 is 2.50 bits per heavy atom. The van der Waals surface area contributed by atoms with Crippen LogP contribution in [-0.4, -0.2) is 41.9 Å². The number of nitrogens with zero attached hydrogens (tertiary/aromatic N) is 1. The van der Waals surface area contributed by atoms with Crippen LogP contribution in [0.2, 0.25) is 0 Å². The van der Waals surface area contributed by atoms with Crippen LogP contribution in [-0.2, 0) is 4.74 Å². The molecular weight excluding hydrogens is 182 g/mol. The molecule has 2 atom stereocenters. The van der Waals surface area contributed by atoms with Crippen LogP contribution in [0.15, 0.2) is 12.7 Å². The van der Waals surface area contributed by atoms with Gasteiger partial charge in [-0.1, -0.05) is 19.6 Å². The highest BCUT2D eigenvalue weighted by Gasteiger charge is 2.33. The van der Waals surface area contributed by atoms with Crippen LogP contribution >= 0.6 is 0 Å². The van der Waals surface area contributed by atoms with Crippen molar-refractivity contribution in [3.63, 3.8) is 0 Å². The molecule has 4 heteroatoms. The molecule has 0 saturated carbocycles. The highest BCUT2D eigenvalue weighted by molar-refractivity contribution is 5.68. The van der Waals surface area contributed by atoms with Gasteiger partial charge in [0.1, 0.15) is 6.61 Å². The first-order valence-corrected chi connectivity index (χ1v) is 4.84. The molecule has 0 aromatic rings. The number of likely N-dealkylation sites (tertiary alicyclic amines) is 1. The van der Waals surface area contributed by atoms with Gasteiger partial charge in [-0.3, -0.25) is 0 Å². The average molecular weight is 199 g/mol. The molecular formula is C10H17NO3. The third-order valence-corrected chi connectivity index (χ3v) is 2.39. The predicted octanol–water partition coefficient (Wildman–Crippen LogP) is 1.01. The maximum absolute atomic E-state index is 11.5. The Morgan fingerprint density at radius 3 is 3.07 bits per heavy atom. The van der Waals surface area contributed by atoms with Gasteiger partial charge in [0.2, 0.25) is 0 Å². The van der Waals surface area contributed by atoms with Gasteiger partial charge >= 0.3 is 6.09 Å². The summed E-state index contributed by atoms with van der Waals surface area (Å²) < 4.78 is 4.91. The Labute approximate surface area is 84.2 Å². The third-order valence-electron chi connectivity index (χ3n) is 2.39. The molecule has 1 aliphatic rings. The highest BCUT2D eigenvalue weighted by Crippen LogP contribution is 2.22. The maximum atomic E-state index is 11.5. The minimum Gasteiger partial charge on any atom is -0.445 e. The number of carbonyl (C=O) groups is 1. The number of hydrogen-bond donors (Lipinski definition) is 1. The first kappa shape index (κ1) is 11.0. The van der Waals surface area contributed by atoms with E-state index in [0.717, 1.165) is 6.42 Å². The Bertz CT molecular complexity index is 217. The molecule has 1 heterocycles. The average Bonchev–Trinajstić information content (AvgIpc) is 2.56. The minimum absolute atomic E-state index is 0.00747. The first-order chi connectivity index (χ1) is 6.69. The van der Waals surface area contributed by atoms with Crippen LogP contribution in [0.25, 0.3) is 0 Å². The number of amides is 1. The summed E-state index contributed by atoms with van der Waals surface area (Å²) in [5.41, 5.74) is 0. The Kier molecular flexibility index (Phi) is 3.95. The summed E-state index contributed by atoms with van der Waals surface area (Å²) in [5, 5.41) is 9.06. The maximum Gasteiger partial charge on any atom is 0.410 e. The molecule has 0 aromatic carbocycles. The minimum atomic E-state index is -0.353. The summed E-state index contributed by atoms with van der Waals surface area (Å²) in [6.07, 6.45) is 2.03. The molecule has 1 aliphatic heterocycles. The molecule has 1 amide bonds. The molecule has 0 aromatic heterocycles. The molecule has 0 radical (unpaired) electrons. The van der Waals surface area contributed by atoms with E-state index in [0.29, 0.717) is 12.5 Å². The van der Waals surface area contributed by atoms with Gasteiger partial charge in [0.05, 0.1) is 12.6 Å². The number of hydrogen-bond acceptors (Lipinski definition) is 3. The SMILES string of the molecule is C=CCOC(=O)N1CC(C)C[C@H]1CO. The second-order valence-electron chi connectivity index (χ2n) is 3.70. The van der Waals surface area contributed by atoms with E-state index in [9.17, 15) is 4.79 Å². The quantitative estimate of drug-likeness (QED) is 0.690. The van der Waals surface area contributed by atoms with Crippen LogP contribution in [0.1, 0.15) is 13.3 Å². The molecule has 4 nitrogen and oxygen atoms in total. The second-order valence-corrected chi connectivity index (χ2v) is 3.70. The number of aliphatic hydroxyl groups excluding tert-OH is 1. The number of rotatable bonds is 3. The first-order valence-electron chi connectivity index (χ1n) is 4.84. The fourth-order valence-corrected chi connectivity index (χ4v) is 1.76. The van der Waals surface area contributed by atoms with E-state index in [1.807, 2.05) is 0 Å². The lowest BCUT2D eigenvalue weighted by molar-refractivity contribution is 0.0922. The molecule has 0 bridgehead atoms. The van der Waals surface area contributed by atoms with Gasteiger partial charge in [-0.05, 0) is 12.3 Å². The highest BCUT2D eigenvalue weighted by atomic mass is 16.6. The molecule has 80 valence electrons. The zero-order valence-electron chi connectivity index (χ0n) is 8.48. The monoisotopic (exact) mass is 199 g/mol. The van der Waals surface area contributed by atoms with Crippen molar-refractivity contribution in [2.24, 2.45) is 5.92 Å². The normalized spacial score (nSPS) is 26.3. The van der Waals surface area contributed by atoms with Gasteiger partial charge in [0.25, 0.3) is 0 Å². The van der Waals surface area contributed by atoms with Gasteiger partial charge in [-0.25, -0.2) is 4.79 Å². The van der Waals surface area contributed by atoms with E-state index in [4.69, 9.17) is 9.84 Å². The van der Waals surface area contributed by atoms with Crippen LogP contribution < -0.4 is 0 Å². The number of carbonyl (C=O) groups excluding carboxylic acids is 1. The largest absolute Gasteiger partial charge is 0.445 e. The fourth-order valence-electron chi connectivity index (χ4n) is 1.76. The molecule has 1 unspecified atom stereocenters. The summed E-state index contributed by atoms with van der Waals surface area (Å²) in [6.45, 7) is 6.43. The van der Waals surface area contributed by atoms with Gasteiger partial charge in [0.15, 0.2) is 0 Å². The van der Waals surface area contributed by atoms with Gasteiger partial charge in [0, 0.05) is 6.54 Å². The summed E-state index contributed by atoms with van der Waals surface area (Å²) in [7, 11) is 0. The topological polar surface area (TPSA) is 49.8 Å². The second kappa shape index (κ2) is 5.00. The molecule has 1 saturated heterocycles. The van der Waals surface area contributed by atoms with E-state index in [1.165, 1.54) is 6.08 Å². The van der Waals surface area contributed by atoms with Crippen molar-refractivity contribution < 1.29 is 14.6 Å². The lowest BCUT2D eigenvalue weighted by Gasteiger charge is -2.21. The van der Waals surface area contributed by atoms with Crippen LogP contribution in [0.5, 0.6) is 0 Å². The zero-order chi connectivity index (χ0) is 10.6. The molecule has 0 aliphatic carbocycles. The molecule has 1 rings (SSSR count). The van der Waals surface area contributed by atoms with Gasteiger partial charge in [-0.2, -0.15) is 0 Å². The van der Waals surface area contributed by atoms with E-state index in [1.54, 1.807) is 4.90 Å². The summed E-state index contributed by atoms with van der Waals surface area (Å²) in [4.78, 5) is 13.1. The Hall–Kier alpha value is -1.03. The fraction of sp³-hybridized carbons (Fsp3) is 0.700. The van der Waals surface area contributed by atoms with Gasteiger partial charge < -0.3 is 14.7 Å². The number of aliphatic hydroxyl groups is 1. The van der Waals surface area contributed by atoms with Crippen molar-refractivity contribution >= 4 is 6.09 Å². The Balaban J connectivity index is 2.48. The van der Waals surface area contributed by atoms with Crippen molar-refractivity contribution in [2.45, 2.75) is 19.4 Å². The Morgan fingerprint density at radius 1 is 1.79 bits per heavy atom. The van der Waals surface area contributed by atoms with Crippen molar-refractivity contribution in [3.8, 4) is 0 Å². The van der Waals surface area contributed by atoms with E-state index in [-0.39, 0.29) is 25.3 Å². The lowest BCUT2D eigenvalue weighted by Crippen LogP contribution is -2.38. The third kappa shape index (κ3) is 2.48. The van der Waals surface area contributed by atoms with Crippen molar-refractivity contribution in [1.29, 1.82) is 0 Å². The lowest BCUT2D eigenvalue weighted by atomic mass is 10.1. The van der Waals surface area contributed by atoms with Crippen molar-refractivity contribution in [3.05, 3.63) is 12.7 Å². The van der Waals surface area contributed by atoms with E-state index in [2.05, 4.69) is 13.5 Å². The molecule has 1 fully saturated rings. The van der Waals surface area contributed by atoms with Crippen LogP contribution in [0.4, 0.5) is 4.79 Å². The predicted molar refractivity (Wildman–Crippen MR) is 52.9 cm³/mol. The molecule has 14 heavy (non-hydrogen) atoms. The smallest absolute Gasteiger partial charge is 0.410 e. The van der Waals surface area contributed by atoms with Crippen LogP contribution in [0, 0.1) is 5.92 Å². The van der Waals surface area contributed by atoms with Crippen molar-refractivity contribution in [1.82, 2.24) is 4.90 Å². The van der Waals surface area contributed by atoms with E-state index >= 15 is 0 Å². The zero-order valence-corrected chi connectivity index (χ0v) is 8.48. The van der Waals surface area contributed by atoms with Crippen LogP contribution in [0.3, 0.4) is 0 Å².